The second kappa shape index (κ2) is 6.83. The van der Waals surface area contributed by atoms with E-state index in [1.807, 2.05) is 25.7 Å². The third-order valence-electron chi connectivity index (χ3n) is 5.87. The van der Waals surface area contributed by atoms with Gasteiger partial charge in [0.05, 0.1) is 13.2 Å². The molecule has 0 radical (unpaired) electrons. The molecule has 0 aromatic carbocycles. The zero-order valence-corrected chi connectivity index (χ0v) is 15.8. The number of nitrogens with zero attached hydrogens (tertiary/aromatic N) is 1. The topological polar surface area (TPSA) is 50.8 Å². The van der Waals surface area contributed by atoms with Crippen molar-refractivity contribution in [3.05, 3.63) is 0 Å². The quantitative estimate of drug-likeness (QED) is 0.798. The summed E-state index contributed by atoms with van der Waals surface area (Å²) >= 11 is 0. The number of nitrogens with one attached hydrogen (secondary N) is 1. The molecular formula is C19H34N2O3. The first-order chi connectivity index (χ1) is 11.3. The summed E-state index contributed by atoms with van der Waals surface area (Å²) in [6, 6.07) is 0.367. The molecule has 5 nitrogen and oxygen atoms in total. The first-order valence-corrected chi connectivity index (χ1v) is 9.64. The fourth-order valence-electron chi connectivity index (χ4n) is 4.62. The molecule has 1 aliphatic carbocycles. The molecule has 2 saturated heterocycles. The molecule has 0 bridgehead atoms. The molecule has 2 heterocycles. The summed E-state index contributed by atoms with van der Waals surface area (Å²) in [5.74, 6) is 1.52. The van der Waals surface area contributed by atoms with Gasteiger partial charge in [-0.3, -0.25) is 0 Å². The maximum Gasteiger partial charge on any atom is 0.410 e. The Bertz CT molecular complexity index is 454. The number of likely N-dealkylation sites (tertiary alicyclic amines) is 1. The van der Waals surface area contributed by atoms with Gasteiger partial charge in [-0.15, -0.1) is 0 Å². The van der Waals surface area contributed by atoms with Gasteiger partial charge in [0.15, 0.2) is 0 Å². The molecule has 5 heteroatoms. The van der Waals surface area contributed by atoms with Crippen LogP contribution in [-0.2, 0) is 9.47 Å². The Labute approximate surface area is 146 Å². The number of amides is 1. The van der Waals surface area contributed by atoms with Crippen molar-refractivity contribution in [2.24, 2.45) is 11.8 Å². The molecule has 1 spiro atoms. The van der Waals surface area contributed by atoms with Crippen molar-refractivity contribution < 1.29 is 14.3 Å². The predicted octanol–water partition coefficient (Wildman–Crippen LogP) is 3.18. The van der Waals surface area contributed by atoms with E-state index in [1.54, 1.807) is 0 Å². The standard InChI is InChI=1S/C19H34N2O3/c1-14-5-7-15(8-6-14)16-19(23-12-10-20-16)9-11-21(13-19)17(22)24-18(2,3)4/h14-16,20H,5-13H2,1-4H3. The van der Waals surface area contributed by atoms with E-state index in [0.717, 1.165) is 32.0 Å². The number of carbonyl (C=O) groups is 1. The normalized spacial score (nSPS) is 37.7. The van der Waals surface area contributed by atoms with Crippen LogP contribution in [0.4, 0.5) is 4.79 Å². The largest absolute Gasteiger partial charge is 0.444 e. The minimum absolute atomic E-state index is 0.204. The molecule has 3 fully saturated rings. The summed E-state index contributed by atoms with van der Waals surface area (Å²) in [6.07, 6.45) is 5.89. The fraction of sp³-hybridized carbons (Fsp3) is 0.947. The first kappa shape index (κ1) is 18.0. The molecule has 0 aromatic rings. The van der Waals surface area contributed by atoms with Crippen molar-refractivity contribution in [2.45, 2.75) is 77.0 Å². The van der Waals surface area contributed by atoms with Crippen LogP contribution in [0.2, 0.25) is 0 Å². The summed E-state index contributed by atoms with van der Waals surface area (Å²) in [5, 5.41) is 3.74. The van der Waals surface area contributed by atoms with Gasteiger partial charge in [-0.1, -0.05) is 19.8 Å². The summed E-state index contributed by atoms with van der Waals surface area (Å²) < 4.78 is 11.9. The Kier molecular flexibility index (Phi) is 5.12. The van der Waals surface area contributed by atoms with Crippen LogP contribution in [-0.4, -0.2) is 54.5 Å². The SMILES string of the molecule is CC1CCC(C2NCCOC23CCN(C(=O)OC(C)(C)C)C3)CC1. The van der Waals surface area contributed by atoms with E-state index in [4.69, 9.17) is 9.47 Å². The van der Waals surface area contributed by atoms with E-state index in [9.17, 15) is 4.79 Å². The second-order valence-corrected chi connectivity index (χ2v) is 9.02. The molecule has 1 saturated carbocycles. The third-order valence-corrected chi connectivity index (χ3v) is 5.87. The fourth-order valence-corrected chi connectivity index (χ4v) is 4.62. The average Bonchev–Trinajstić information content (AvgIpc) is 2.92. The minimum Gasteiger partial charge on any atom is -0.444 e. The van der Waals surface area contributed by atoms with Crippen molar-refractivity contribution in [1.82, 2.24) is 10.2 Å². The lowest BCUT2D eigenvalue weighted by molar-refractivity contribution is -0.107. The van der Waals surface area contributed by atoms with E-state index in [-0.39, 0.29) is 11.7 Å². The molecule has 3 aliphatic rings. The van der Waals surface area contributed by atoms with E-state index >= 15 is 0 Å². The van der Waals surface area contributed by atoms with Crippen LogP contribution in [0, 0.1) is 11.8 Å². The Morgan fingerprint density at radius 1 is 1.25 bits per heavy atom. The van der Waals surface area contributed by atoms with Crippen molar-refractivity contribution in [3.63, 3.8) is 0 Å². The van der Waals surface area contributed by atoms with E-state index < -0.39 is 5.60 Å². The Balaban J connectivity index is 1.67. The van der Waals surface area contributed by atoms with Gasteiger partial charge < -0.3 is 19.7 Å². The maximum absolute atomic E-state index is 12.4. The zero-order chi connectivity index (χ0) is 17.4. The number of hydrogen-bond donors (Lipinski definition) is 1. The van der Waals surface area contributed by atoms with Gasteiger partial charge in [-0.05, 0) is 51.9 Å². The van der Waals surface area contributed by atoms with Crippen molar-refractivity contribution in [3.8, 4) is 0 Å². The first-order valence-electron chi connectivity index (χ1n) is 9.64. The van der Waals surface area contributed by atoms with Gasteiger partial charge in [0.2, 0.25) is 0 Å². The van der Waals surface area contributed by atoms with Gasteiger partial charge in [-0.2, -0.15) is 0 Å². The summed E-state index contributed by atoms with van der Waals surface area (Å²) in [7, 11) is 0. The third kappa shape index (κ3) is 3.88. The molecule has 2 atom stereocenters. The maximum atomic E-state index is 12.4. The predicted molar refractivity (Wildman–Crippen MR) is 94.0 cm³/mol. The van der Waals surface area contributed by atoms with Crippen LogP contribution in [0.3, 0.4) is 0 Å². The molecule has 0 aromatic heterocycles. The lowest BCUT2D eigenvalue weighted by Gasteiger charge is -2.47. The Hall–Kier alpha value is -0.810. The van der Waals surface area contributed by atoms with Gasteiger partial charge in [0, 0.05) is 19.1 Å². The van der Waals surface area contributed by atoms with E-state index in [2.05, 4.69) is 12.2 Å². The van der Waals surface area contributed by atoms with Gasteiger partial charge >= 0.3 is 6.09 Å². The lowest BCUT2D eigenvalue weighted by atomic mass is 9.73. The highest BCUT2D eigenvalue weighted by atomic mass is 16.6. The zero-order valence-electron chi connectivity index (χ0n) is 15.8. The Morgan fingerprint density at radius 2 is 1.96 bits per heavy atom. The van der Waals surface area contributed by atoms with Crippen LogP contribution >= 0.6 is 0 Å². The van der Waals surface area contributed by atoms with Gasteiger partial charge in [0.25, 0.3) is 0 Å². The molecule has 24 heavy (non-hydrogen) atoms. The van der Waals surface area contributed by atoms with Crippen molar-refractivity contribution >= 4 is 6.09 Å². The summed E-state index contributed by atoms with van der Waals surface area (Å²) in [4.78, 5) is 14.3. The molecule has 1 amide bonds. The molecule has 138 valence electrons. The smallest absolute Gasteiger partial charge is 0.410 e. The summed E-state index contributed by atoms with van der Waals surface area (Å²) in [5.41, 5.74) is -0.669. The van der Waals surface area contributed by atoms with Crippen molar-refractivity contribution in [1.29, 1.82) is 0 Å². The molecule has 1 N–H and O–H groups in total. The average molecular weight is 338 g/mol. The number of carbonyl (C=O) groups excluding carboxylic acids is 1. The molecular weight excluding hydrogens is 304 g/mol. The molecule has 2 aliphatic heterocycles. The van der Waals surface area contributed by atoms with Gasteiger partial charge in [0.1, 0.15) is 11.2 Å². The highest BCUT2D eigenvalue weighted by Gasteiger charge is 2.51. The summed E-state index contributed by atoms with van der Waals surface area (Å²) in [6.45, 7) is 11.2. The van der Waals surface area contributed by atoms with E-state index in [1.165, 1.54) is 25.7 Å². The van der Waals surface area contributed by atoms with E-state index in [0.29, 0.717) is 18.5 Å². The van der Waals surface area contributed by atoms with Crippen LogP contribution in [0.25, 0.3) is 0 Å². The molecule has 2 unspecified atom stereocenters. The van der Waals surface area contributed by atoms with Crippen LogP contribution < -0.4 is 5.32 Å². The highest BCUT2D eigenvalue weighted by Crippen LogP contribution is 2.40. The van der Waals surface area contributed by atoms with Crippen molar-refractivity contribution in [2.75, 3.05) is 26.2 Å². The van der Waals surface area contributed by atoms with Crippen LogP contribution in [0.1, 0.15) is 59.8 Å². The Morgan fingerprint density at radius 3 is 2.62 bits per heavy atom. The molecule has 3 rings (SSSR count). The lowest BCUT2D eigenvalue weighted by Crippen LogP contribution is -2.62. The number of hydrogen-bond acceptors (Lipinski definition) is 4. The van der Waals surface area contributed by atoms with Gasteiger partial charge in [-0.25, -0.2) is 4.79 Å². The second-order valence-electron chi connectivity index (χ2n) is 9.02. The number of morpholine rings is 1. The van der Waals surface area contributed by atoms with Crippen LogP contribution in [0.5, 0.6) is 0 Å². The highest BCUT2D eigenvalue weighted by molar-refractivity contribution is 5.68. The van der Waals surface area contributed by atoms with Crippen LogP contribution in [0.15, 0.2) is 0 Å². The number of rotatable bonds is 1. The minimum atomic E-state index is -0.447. The number of ether oxygens (including phenoxy) is 2. The monoisotopic (exact) mass is 338 g/mol.